The van der Waals surface area contributed by atoms with E-state index in [9.17, 15) is 4.79 Å². The molecule has 3 fully saturated rings. The maximum atomic E-state index is 11.4. The molecule has 0 aromatic rings. The standard InChI is InChI=1S/C9H14N2O/c12-9-10-7-3-4-8(6-1-2-6)11(9)5-7/h6-8H,1-5H2,(H,10,12). The number of fused-ring (bicyclic) bond motifs is 2. The quantitative estimate of drug-likeness (QED) is 0.618. The fraction of sp³-hybridized carbons (Fsp3) is 0.889. The van der Waals surface area contributed by atoms with Crippen molar-refractivity contribution in [2.45, 2.75) is 37.8 Å². The van der Waals surface area contributed by atoms with Crippen molar-refractivity contribution < 1.29 is 4.79 Å². The zero-order valence-corrected chi connectivity index (χ0v) is 7.12. The number of carbonyl (C=O) groups excluding carboxylic acids is 1. The van der Waals surface area contributed by atoms with Gasteiger partial charge in [0.15, 0.2) is 0 Å². The van der Waals surface area contributed by atoms with Crippen molar-refractivity contribution in [1.82, 2.24) is 10.2 Å². The Kier molecular flexibility index (Phi) is 1.21. The van der Waals surface area contributed by atoms with Crippen LogP contribution in [0.5, 0.6) is 0 Å². The minimum Gasteiger partial charge on any atom is -0.333 e. The molecule has 3 nitrogen and oxygen atoms in total. The molecule has 2 bridgehead atoms. The predicted molar refractivity (Wildman–Crippen MR) is 44.8 cm³/mol. The van der Waals surface area contributed by atoms with Crippen LogP contribution in [0.2, 0.25) is 0 Å². The molecule has 3 aliphatic rings. The average molecular weight is 166 g/mol. The Bertz CT molecular complexity index is 225. The van der Waals surface area contributed by atoms with Crippen LogP contribution in [0.4, 0.5) is 4.79 Å². The molecule has 2 atom stereocenters. The average Bonchev–Trinajstić information content (AvgIpc) is 2.82. The number of urea groups is 1. The van der Waals surface area contributed by atoms with Crippen LogP contribution in [0.3, 0.4) is 0 Å². The molecule has 1 aliphatic carbocycles. The Hall–Kier alpha value is -0.730. The molecule has 12 heavy (non-hydrogen) atoms. The van der Waals surface area contributed by atoms with Gasteiger partial charge in [0.2, 0.25) is 0 Å². The van der Waals surface area contributed by atoms with Crippen molar-refractivity contribution in [2.75, 3.05) is 6.54 Å². The molecule has 2 heterocycles. The van der Waals surface area contributed by atoms with E-state index in [4.69, 9.17) is 0 Å². The Morgan fingerprint density at radius 3 is 2.83 bits per heavy atom. The minimum atomic E-state index is 0.189. The highest BCUT2D eigenvalue weighted by molar-refractivity contribution is 5.77. The summed E-state index contributed by atoms with van der Waals surface area (Å²) in [5.41, 5.74) is 0. The molecule has 2 unspecified atom stereocenters. The van der Waals surface area contributed by atoms with Crippen LogP contribution in [-0.2, 0) is 0 Å². The van der Waals surface area contributed by atoms with Crippen molar-refractivity contribution in [1.29, 1.82) is 0 Å². The van der Waals surface area contributed by atoms with E-state index in [1.165, 1.54) is 25.7 Å². The van der Waals surface area contributed by atoms with E-state index in [-0.39, 0.29) is 6.03 Å². The van der Waals surface area contributed by atoms with Crippen LogP contribution in [0, 0.1) is 5.92 Å². The third-order valence-electron chi connectivity index (χ3n) is 3.38. The first-order valence-electron chi connectivity index (χ1n) is 4.92. The number of rotatable bonds is 1. The van der Waals surface area contributed by atoms with Gasteiger partial charge in [-0.25, -0.2) is 4.79 Å². The summed E-state index contributed by atoms with van der Waals surface area (Å²) in [6.07, 6.45) is 5.12. The van der Waals surface area contributed by atoms with Crippen molar-refractivity contribution in [2.24, 2.45) is 5.92 Å². The van der Waals surface area contributed by atoms with Gasteiger partial charge in [-0.15, -0.1) is 0 Å². The topological polar surface area (TPSA) is 32.3 Å². The van der Waals surface area contributed by atoms with Crippen molar-refractivity contribution in [3.63, 3.8) is 0 Å². The summed E-state index contributed by atoms with van der Waals surface area (Å²) in [6, 6.07) is 1.24. The van der Waals surface area contributed by atoms with Crippen molar-refractivity contribution >= 4 is 6.03 Å². The first-order valence-corrected chi connectivity index (χ1v) is 4.92. The molecular weight excluding hydrogens is 152 g/mol. The van der Waals surface area contributed by atoms with E-state index in [1.807, 2.05) is 0 Å². The lowest BCUT2D eigenvalue weighted by molar-refractivity contribution is 0.172. The summed E-state index contributed by atoms with van der Waals surface area (Å²) >= 11 is 0. The number of carbonyl (C=O) groups is 1. The van der Waals surface area contributed by atoms with Crippen molar-refractivity contribution in [3.8, 4) is 0 Å². The predicted octanol–water partition coefficient (Wildman–Crippen LogP) is 0.953. The molecule has 2 saturated heterocycles. The Balaban J connectivity index is 1.82. The van der Waals surface area contributed by atoms with Gasteiger partial charge in [-0.2, -0.15) is 0 Å². The Morgan fingerprint density at radius 2 is 2.08 bits per heavy atom. The fourth-order valence-electron chi connectivity index (χ4n) is 2.57. The summed E-state index contributed by atoms with van der Waals surface area (Å²) in [5.74, 6) is 0.842. The van der Waals surface area contributed by atoms with Gasteiger partial charge in [0.1, 0.15) is 0 Å². The van der Waals surface area contributed by atoms with Gasteiger partial charge in [-0.3, -0.25) is 0 Å². The number of amides is 2. The molecule has 2 amide bonds. The highest BCUT2D eigenvalue weighted by atomic mass is 16.2. The maximum Gasteiger partial charge on any atom is 0.318 e. The number of piperidine rings is 1. The van der Waals surface area contributed by atoms with E-state index in [0.717, 1.165) is 12.5 Å². The highest BCUT2D eigenvalue weighted by Crippen LogP contribution is 2.40. The van der Waals surface area contributed by atoms with Gasteiger partial charge in [0.05, 0.1) is 0 Å². The molecule has 0 spiro atoms. The van der Waals surface area contributed by atoms with Gasteiger partial charge in [0.25, 0.3) is 0 Å². The van der Waals surface area contributed by atoms with E-state index in [2.05, 4.69) is 10.2 Å². The van der Waals surface area contributed by atoms with E-state index >= 15 is 0 Å². The van der Waals surface area contributed by atoms with E-state index < -0.39 is 0 Å². The number of hydrogen-bond acceptors (Lipinski definition) is 1. The Labute approximate surface area is 72.1 Å². The van der Waals surface area contributed by atoms with E-state index in [0.29, 0.717) is 12.1 Å². The number of nitrogens with one attached hydrogen (secondary N) is 1. The third-order valence-corrected chi connectivity index (χ3v) is 3.38. The zero-order valence-electron chi connectivity index (χ0n) is 7.12. The van der Waals surface area contributed by atoms with Gasteiger partial charge < -0.3 is 10.2 Å². The smallest absolute Gasteiger partial charge is 0.318 e. The first-order chi connectivity index (χ1) is 5.84. The summed E-state index contributed by atoms with van der Waals surface area (Å²) in [6.45, 7) is 0.972. The monoisotopic (exact) mass is 166 g/mol. The van der Waals surface area contributed by atoms with Crippen LogP contribution in [0.15, 0.2) is 0 Å². The van der Waals surface area contributed by atoms with Crippen molar-refractivity contribution in [3.05, 3.63) is 0 Å². The SMILES string of the molecule is O=C1NC2CCC(C3CC3)N1C2. The molecule has 0 radical (unpaired) electrons. The summed E-state index contributed by atoms with van der Waals surface area (Å²) in [4.78, 5) is 13.5. The lowest BCUT2D eigenvalue weighted by Crippen LogP contribution is -2.41. The molecule has 2 aliphatic heterocycles. The van der Waals surface area contributed by atoms with Gasteiger partial charge in [0, 0.05) is 18.6 Å². The summed E-state index contributed by atoms with van der Waals surface area (Å²) in [5, 5.41) is 3.02. The molecule has 1 N–H and O–H groups in total. The van der Waals surface area contributed by atoms with Crippen LogP contribution >= 0.6 is 0 Å². The van der Waals surface area contributed by atoms with Crippen LogP contribution in [0.25, 0.3) is 0 Å². The molecular formula is C9H14N2O. The third kappa shape index (κ3) is 0.853. The second kappa shape index (κ2) is 2.15. The molecule has 3 rings (SSSR count). The normalized spacial score (nSPS) is 40.0. The molecule has 66 valence electrons. The lowest BCUT2D eigenvalue weighted by Gasteiger charge is -2.30. The van der Waals surface area contributed by atoms with Crippen LogP contribution in [-0.4, -0.2) is 29.6 Å². The second-order valence-electron chi connectivity index (χ2n) is 4.28. The second-order valence-corrected chi connectivity index (χ2v) is 4.28. The zero-order chi connectivity index (χ0) is 8.13. The van der Waals surface area contributed by atoms with Gasteiger partial charge >= 0.3 is 6.03 Å². The molecule has 0 aromatic heterocycles. The summed E-state index contributed by atoms with van der Waals surface area (Å²) < 4.78 is 0. The largest absolute Gasteiger partial charge is 0.333 e. The number of nitrogens with zero attached hydrogens (tertiary/aromatic N) is 1. The Morgan fingerprint density at radius 1 is 1.25 bits per heavy atom. The van der Waals surface area contributed by atoms with Gasteiger partial charge in [-0.1, -0.05) is 0 Å². The summed E-state index contributed by atoms with van der Waals surface area (Å²) in [7, 11) is 0. The number of hydrogen-bond donors (Lipinski definition) is 1. The molecule has 3 heteroatoms. The lowest BCUT2D eigenvalue weighted by atomic mass is 9.97. The maximum absolute atomic E-state index is 11.4. The molecule has 0 aromatic carbocycles. The van der Waals surface area contributed by atoms with Crippen LogP contribution < -0.4 is 5.32 Å². The highest BCUT2D eigenvalue weighted by Gasteiger charge is 2.44. The van der Waals surface area contributed by atoms with Gasteiger partial charge in [-0.05, 0) is 31.6 Å². The fourth-order valence-corrected chi connectivity index (χ4v) is 2.57. The van der Waals surface area contributed by atoms with E-state index in [1.54, 1.807) is 0 Å². The van der Waals surface area contributed by atoms with Crippen LogP contribution in [0.1, 0.15) is 25.7 Å². The first kappa shape index (κ1) is 6.75. The minimum absolute atomic E-state index is 0.189. The molecule has 1 saturated carbocycles.